The molecular formula is C11H26N2. The number of rotatable bonds is 5. The third-order valence-electron chi connectivity index (χ3n) is 2.46. The van der Waals surface area contributed by atoms with Gasteiger partial charge >= 0.3 is 0 Å². The number of hydrogen-bond acceptors (Lipinski definition) is 2. The van der Waals surface area contributed by atoms with Crippen molar-refractivity contribution < 1.29 is 0 Å². The van der Waals surface area contributed by atoms with Gasteiger partial charge in [0, 0.05) is 24.7 Å². The van der Waals surface area contributed by atoms with Crippen molar-refractivity contribution in [2.75, 3.05) is 20.1 Å². The minimum Gasteiger partial charge on any atom is -0.311 e. The maximum absolute atomic E-state index is 3.49. The lowest BCUT2D eigenvalue weighted by molar-refractivity contribution is 0.242. The van der Waals surface area contributed by atoms with Crippen LogP contribution in [-0.2, 0) is 0 Å². The fourth-order valence-electron chi connectivity index (χ4n) is 1.14. The Bertz CT molecular complexity index is 127. The third kappa shape index (κ3) is 7.03. The van der Waals surface area contributed by atoms with E-state index >= 15 is 0 Å². The summed E-state index contributed by atoms with van der Waals surface area (Å²) < 4.78 is 0. The highest BCUT2D eigenvalue weighted by Gasteiger charge is 2.10. The van der Waals surface area contributed by atoms with Gasteiger partial charge in [0.2, 0.25) is 0 Å². The molecule has 1 N–H and O–H groups in total. The summed E-state index contributed by atoms with van der Waals surface area (Å²) in [5.41, 5.74) is 0.246. The molecule has 2 nitrogen and oxygen atoms in total. The number of likely N-dealkylation sites (N-methyl/N-ethyl adjacent to an activating group) is 1. The largest absolute Gasteiger partial charge is 0.311 e. The van der Waals surface area contributed by atoms with E-state index in [-0.39, 0.29) is 5.54 Å². The fraction of sp³-hybridized carbons (Fsp3) is 1.00. The van der Waals surface area contributed by atoms with Crippen molar-refractivity contribution in [3.8, 4) is 0 Å². The van der Waals surface area contributed by atoms with E-state index in [1.54, 1.807) is 0 Å². The summed E-state index contributed by atoms with van der Waals surface area (Å²) in [6, 6.07) is 0.696. The van der Waals surface area contributed by atoms with Crippen molar-refractivity contribution in [1.82, 2.24) is 10.2 Å². The Labute approximate surface area is 83.7 Å². The van der Waals surface area contributed by atoms with Crippen LogP contribution in [0.4, 0.5) is 0 Å². The normalized spacial score (nSPS) is 15.0. The van der Waals surface area contributed by atoms with E-state index in [4.69, 9.17) is 0 Å². The average Bonchev–Trinajstić information content (AvgIpc) is 2.00. The minimum atomic E-state index is 0.246. The van der Waals surface area contributed by atoms with Gasteiger partial charge in [-0.2, -0.15) is 0 Å². The summed E-state index contributed by atoms with van der Waals surface area (Å²) in [6.45, 7) is 13.3. The van der Waals surface area contributed by atoms with Crippen molar-refractivity contribution in [2.45, 2.75) is 52.6 Å². The van der Waals surface area contributed by atoms with Crippen LogP contribution in [0, 0.1) is 0 Å². The quantitative estimate of drug-likeness (QED) is 0.707. The fourth-order valence-corrected chi connectivity index (χ4v) is 1.14. The number of nitrogens with zero attached hydrogens (tertiary/aromatic N) is 1. The summed E-state index contributed by atoms with van der Waals surface area (Å²) in [5.74, 6) is 0. The second-order valence-corrected chi connectivity index (χ2v) is 4.91. The lowest BCUT2D eigenvalue weighted by atomic mass is 10.1. The van der Waals surface area contributed by atoms with E-state index in [0.717, 1.165) is 13.1 Å². The molecule has 0 radical (unpaired) electrons. The molecule has 0 aromatic rings. The van der Waals surface area contributed by atoms with Gasteiger partial charge in [-0.1, -0.05) is 6.92 Å². The van der Waals surface area contributed by atoms with E-state index in [1.165, 1.54) is 6.42 Å². The van der Waals surface area contributed by atoms with E-state index in [2.05, 4.69) is 51.9 Å². The Kier molecular flexibility index (Phi) is 5.57. The van der Waals surface area contributed by atoms with E-state index in [1.807, 2.05) is 0 Å². The Hall–Kier alpha value is -0.0800. The minimum absolute atomic E-state index is 0.246. The van der Waals surface area contributed by atoms with E-state index in [9.17, 15) is 0 Å². The molecule has 0 aliphatic rings. The molecule has 0 fully saturated rings. The van der Waals surface area contributed by atoms with Crippen LogP contribution >= 0.6 is 0 Å². The van der Waals surface area contributed by atoms with E-state index < -0.39 is 0 Å². The zero-order valence-corrected chi connectivity index (χ0v) is 10.1. The number of hydrogen-bond donors (Lipinski definition) is 1. The molecule has 2 heteroatoms. The van der Waals surface area contributed by atoms with Crippen LogP contribution in [0.2, 0.25) is 0 Å². The van der Waals surface area contributed by atoms with Crippen LogP contribution in [0.3, 0.4) is 0 Å². The highest BCUT2D eigenvalue weighted by molar-refractivity contribution is 4.71. The summed E-state index contributed by atoms with van der Waals surface area (Å²) >= 11 is 0. The van der Waals surface area contributed by atoms with Crippen molar-refractivity contribution in [1.29, 1.82) is 0 Å². The van der Waals surface area contributed by atoms with Crippen LogP contribution < -0.4 is 5.32 Å². The van der Waals surface area contributed by atoms with Gasteiger partial charge in [0.05, 0.1) is 0 Å². The molecule has 0 aromatic heterocycles. The summed E-state index contributed by atoms with van der Waals surface area (Å²) in [5, 5.41) is 3.49. The Morgan fingerprint density at radius 3 is 2.23 bits per heavy atom. The lowest BCUT2D eigenvalue weighted by Crippen LogP contribution is -2.42. The first-order valence-electron chi connectivity index (χ1n) is 5.32. The molecule has 1 unspecified atom stereocenters. The summed E-state index contributed by atoms with van der Waals surface area (Å²) in [7, 11) is 2.19. The summed E-state index contributed by atoms with van der Waals surface area (Å²) in [6.07, 6.45) is 1.23. The van der Waals surface area contributed by atoms with Crippen LogP contribution in [0.1, 0.15) is 41.0 Å². The Morgan fingerprint density at radius 2 is 1.85 bits per heavy atom. The molecule has 0 bridgehead atoms. The van der Waals surface area contributed by atoms with Gasteiger partial charge < -0.3 is 10.2 Å². The maximum atomic E-state index is 3.49. The molecule has 0 heterocycles. The van der Waals surface area contributed by atoms with Crippen LogP contribution in [0.25, 0.3) is 0 Å². The topological polar surface area (TPSA) is 15.3 Å². The second-order valence-electron chi connectivity index (χ2n) is 4.91. The average molecular weight is 186 g/mol. The van der Waals surface area contributed by atoms with Crippen molar-refractivity contribution in [3.63, 3.8) is 0 Å². The zero-order valence-electron chi connectivity index (χ0n) is 10.1. The van der Waals surface area contributed by atoms with Gasteiger partial charge in [0.1, 0.15) is 0 Å². The molecule has 0 aliphatic heterocycles. The smallest absolute Gasteiger partial charge is 0.0107 e. The molecule has 0 aromatic carbocycles. The van der Waals surface area contributed by atoms with Gasteiger partial charge in [-0.05, 0) is 41.2 Å². The summed E-state index contributed by atoms with van der Waals surface area (Å²) in [4.78, 5) is 2.40. The third-order valence-corrected chi connectivity index (χ3v) is 2.46. The molecule has 0 aliphatic carbocycles. The first-order valence-corrected chi connectivity index (χ1v) is 5.32. The standard InChI is InChI=1S/C11H26N2/c1-7-10(2)13(6)9-8-12-11(3,4)5/h10,12H,7-9H2,1-6H3. The molecule has 0 saturated heterocycles. The van der Waals surface area contributed by atoms with Gasteiger partial charge in [-0.25, -0.2) is 0 Å². The molecule has 0 rings (SSSR count). The molecule has 13 heavy (non-hydrogen) atoms. The number of nitrogens with one attached hydrogen (secondary N) is 1. The Morgan fingerprint density at radius 1 is 1.31 bits per heavy atom. The zero-order chi connectivity index (χ0) is 10.5. The van der Waals surface area contributed by atoms with Crippen LogP contribution in [0.5, 0.6) is 0 Å². The molecule has 0 amide bonds. The van der Waals surface area contributed by atoms with Gasteiger partial charge in [0.15, 0.2) is 0 Å². The lowest BCUT2D eigenvalue weighted by Gasteiger charge is -2.26. The first kappa shape index (κ1) is 12.9. The molecule has 80 valence electrons. The van der Waals surface area contributed by atoms with Gasteiger partial charge in [-0.15, -0.1) is 0 Å². The van der Waals surface area contributed by atoms with Crippen LogP contribution in [-0.4, -0.2) is 36.6 Å². The molecule has 0 spiro atoms. The first-order chi connectivity index (χ1) is 5.87. The van der Waals surface area contributed by atoms with E-state index in [0.29, 0.717) is 6.04 Å². The Balaban J connectivity index is 3.53. The molecule has 0 saturated carbocycles. The predicted molar refractivity (Wildman–Crippen MR) is 60.1 cm³/mol. The van der Waals surface area contributed by atoms with Gasteiger partial charge in [0.25, 0.3) is 0 Å². The second kappa shape index (κ2) is 5.61. The van der Waals surface area contributed by atoms with Crippen molar-refractivity contribution >= 4 is 0 Å². The van der Waals surface area contributed by atoms with Gasteiger partial charge in [-0.3, -0.25) is 0 Å². The molecular weight excluding hydrogens is 160 g/mol. The highest BCUT2D eigenvalue weighted by Crippen LogP contribution is 2.00. The SMILES string of the molecule is CCC(C)N(C)CCNC(C)(C)C. The van der Waals surface area contributed by atoms with Crippen molar-refractivity contribution in [3.05, 3.63) is 0 Å². The maximum Gasteiger partial charge on any atom is 0.0107 e. The molecule has 1 atom stereocenters. The van der Waals surface area contributed by atoms with Crippen molar-refractivity contribution in [2.24, 2.45) is 0 Å². The monoisotopic (exact) mass is 186 g/mol. The predicted octanol–water partition coefficient (Wildman–Crippen LogP) is 2.10. The van der Waals surface area contributed by atoms with Crippen LogP contribution in [0.15, 0.2) is 0 Å². The highest BCUT2D eigenvalue weighted by atomic mass is 15.1.